The van der Waals surface area contributed by atoms with Gasteiger partial charge in [-0.2, -0.15) is 0 Å². The number of benzene rings is 1. The number of carbonyl (C=O) groups is 1. The molecule has 0 aliphatic carbocycles. The number of amides is 1. The van der Waals surface area contributed by atoms with Crippen LogP contribution in [-0.4, -0.2) is 43.6 Å². The zero-order valence-corrected chi connectivity index (χ0v) is 12.1. The molecule has 0 saturated carbocycles. The number of likely N-dealkylation sites (tertiary alicyclic amines) is 1. The first-order valence-corrected chi connectivity index (χ1v) is 6.96. The van der Waals surface area contributed by atoms with E-state index in [1.807, 2.05) is 24.3 Å². The first kappa shape index (κ1) is 14.8. The maximum absolute atomic E-state index is 11.9. The summed E-state index contributed by atoms with van der Waals surface area (Å²) in [5.41, 5.74) is 6.99. The molecule has 1 aliphatic rings. The molecule has 2 rings (SSSR count). The number of hydrogen-bond donors (Lipinski definition) is 2. The predicted molar refractivity (Wildman–Crippen MR) is 78.4 cm³/mol. The number of ether oxygens (including phenoxy) is 1. The molecule has 20 heavy (non-hydrogen) atoms. The van der Waals surface area contributed by atoms with Gasteiger partial charge < -0.3 is 15.8 Å². The topological polar surface area (TPSA) is 67.6 Å². The Hall–Kier alpha value is -1.59. The molecule has 1 fully saturated rings. The van der Waals surface area contributed by atoms with Crippen LogP contribution in [0.3, 0.4) is 0 Å². The van der Waals surface area contributed by atoms with Gasteiger partial charge in [0.25, 0.3) is 0 Å². The molecule has 0 radical (unpaired) electrons. The van der Waals surface area contributed by atoms with Crippen molar-refractivity contribution in [2.45, 2.75) is 19.5 Å². The highest BCUT2D eigenvalue weighted by atomic mass is 16.5. The van der Waals surface area contributed by atoms with E-state index in [1.165, 1.54) is 0 Å². The van der Waals surface area contributed by atoms with Gasteiger partial charge >= 0.3 is 0 Å². The van der Waals surface area contributed by atoms with Crippen molar-refractivity contribution in [1.29, 1.82) is 0 Å². The normalized spacial score (nSPS) is 22.8. The second-order valence-corrected chi connectivity index (χ2v) is 5.46. The van der Waals surface area contributed by atoms with Gasteiger partial charge in [0.1, 0.15) is 5.75 Å². The summed E-state index contributed by atoms with van der Waals surface area (Å²) >= 11 is 0. The van der Waals surface area contributed by atoms with E-state index in [9.17, 15) is 4.79 Å². The van der Waals surface area contributed by atoms with E-state index in [0.29, 0.717) is 19.0 Å². The fraction of sp³-hybridized carbons (Fsp3) is 0.533. The van der Waals surface area contributed by atoms with E-state index in [2.05, 4.69) is 17.1 Å². The maximum atomic E-state index is 11.9. The van der Waals surface area contributed by atoms with Crippen LogP contribution in [-0.2, 0) is 11.3 Å². The zero-order chi connectivity index (χ0) is 14.5. The molecule has 0 bridgehead atoms. The van der Waals surface area contributed by atoms with Crippen LogP contribution in [0.15, 0.2) is 24.3 Å². The van der Waals surface area contributed by atoms with Crippen molar-refractivity contribution in [3.8, 4) is 5.75 Å². The van der Waals surface area contributed by atoms with Gasteiger partial charge in [-0.3, -0.25) is 9.69 Å². The van der Waals surface area contributed by atoms with Crippen molar-refractivity contribution < 1.29 is 9.53 Å². The van der Waals surface area contributed by atoms with Crippen LogP contribution >= 0.6 is 0 Å². The highest BCUT2D eigenvalue weighted by Crippen LogP contribution is 2.14. The number of rotatable bonds is 5. The van der Waals surface area contributed by atoms with E-state index in [1.54, 1.807) is 7.11 Å². The van der Waals surface area contributed by atoms with Crippen molar-refractivity contribution in [3.63, 3.8) is 0 Å². The van der Waals surface area contributed by atoms with Gasteiger partial charge in [-0.15, -0.1) is 0 Å². The molecule has 1 saturated heterocycles. The fourth-order valence-corrected chi connectivity index (χ4v) is 2.47. The van der Waals surface area contributed by atoms with E-state index in [0.717, 1.165) is 24.4 Å². The largest absolute Gasteiger partial charge is 0.497 e. The van der Waals surface area contributed by atoms with Gasteiger partial charge in [0.15, 0.2) is 0 Å². The Morgan fingerprint density at radius 2 is 2.30 bits per heavy atom. The zero-order valence-electron chi connectivity index (χ0n) is 12.1. The minimum atomic E-state index is 0.0362. The third-order valence-electron chi connectivity index (χ3n) is 3.74. The Morgan fingerprint density at radius 1 is 1.50 bits per heavy atom. The first-order chi connectivity index (χ1) is 9.58. The number of nitrogens with zero attached hydrogens (tertiary/aromatic N) is 1. The van der Waals surface area contributed by atoms with Crippen LogP contribution in [0.2, 0.25) is 0 Å². The maximum Gasteiger partial charge on any atom is 0.234 e. The van der Waals surface area contributed by atoms with E-state index in [-0.39, 0.29) is 11.9 Å². The number of nitrogens with two attached hydrogens (primary N) is 1. The summed E-state index contributed by atoms with van der Waals surface area (Å²) in [5, 5.41) is 2.93. The first-order valence-electron chi connectivity index (χ1n) is 6.96. The minimum absolute atomic E-state index is 0.0362. The highest BCUT2D eigenvalue weighted by Gasteiger charge is 2.27. The van der Waals surface area contributed by atoms with Crippen LogP contribution < -0.4 is 15.8 Å². The summed E-state index contributed by atoms with van der Waals surface area (Å²) < 4.78 is 5.16. The van der Waals surface area contributed by atoms with Gasteiger partial charge in [0, 0.05) is 25.7 Å². The van der Waals surface area contributed by atoms with Gasteiger partial charge in [0.05, 0.1) is 13.7 Å². The molecule has 5 nitrogen and oxygen atoms in total. The van der Waals surface area contributed by atoms with Gasteiger partial charge in [-0.25, -0.2) is 0 Å². The Morgan fingerprint density at radius 3 is 2.95 bits per heavy atom. The van der Waals surface area contributed by atoms with Gasteiger partial charge in [-0.1, -0.05) is 19.1 Å². The third kappa shape index (κ3) is 3.95. The van der Waals surface area contributed by atoms with Crippen molar-refractivity contribution in [3.05, 3.63) is 29.8 Å². The second kappa shape index (κ2) is 6.72. The Kier molecular flexibility index (Phi) is 4.98. The summed E-state index contributed by atoms with van der Waals surface area (Å²) in [6.07, 6.45) is 0. The summed E-state index contributed by atoms with van der Waals surface area (Å²) in [7, 11) is 1.63. The summed E-state index contributed by atoms with van der Waals surface area (Å²) in [6, 6.07) is 7.88. The van der Waals surface area contributed by atoms with Crippen molar-refractivity contribution in [2.24, 2.45) is 11.7 Å². The highest BCUT2D eigenvalue weighted by molar-refractivity contribution is 5.78. The van der Waals surface area contributed by atoms with Gasteiger partial charge in [0.2, 0.25) is 5.91 Å². The summed E-state index contributed by atoms with van der Waals surface area (Å²) in [5.74, 6) is 1.30. The predicted octanol–water partition coefficient (Wildman–Crippen LogP) is 0.590. The summed E-state index contributed by atoms with van der Waals surface area (Å²) in [4.78, 5) is 14.0. The molecule has 0 spiro atoms. The van der Waals surface area contributed by atoms with E-state index >= 15 is 0 Å². The van der Waals surface area contributed by atoms with Crippen LogP contribution in [0, 0.1) is 5.92 Å². The van der Waals surface area contributed by atoms with Crippen LogP contribution in [0.4, 0.5) is 0 Å². The molecule has 2 atom stereocenters. The SMILES string of the molecule is COc1cccc(CNC(=O)CN2CC(C)C(N)C2)c1. The number of hydrogen-bond acceptors (Lipinski definition) is 4. The molecule has 1 aliphatic heterocycles. The van der Waals surface area contributed by atoms with Gasteiger partial charge in [-0.05, 0) is 23.6 Å². The Balaban J connectivity index is 1.77. The molecule has 5 heteroatoms. The Bertz CT molecular complexity index is 454. The van der Waals surface area contributed by atoms with Crippen molar-refractivity contribution >= 4 is 5.91 Å². The molecule has 1 aromatic rings. The Labute approximate surface area is 120 Å². The number of methoxy groups -OCH3 is 1. The molecule has 1 heterocycles. The number of carbonyl (C=O) groups excluding carboxylic acids is 1. The molecular weight excluding hydrogens is 254 g/mol. The lowest BCUT2D eigenvalue weighted by molar-refractivity contribution is -0.122. The molecule has 3 N–H and O–H groups in total. The molecule has 1 aromatic carbocycles. The van der Waals surface area contributed by atoms with Crippen molar-refractivity contribution in [2.75, 3.05) is 26.7 Å². The van der Waals surface area contributed by atoms with Crippen LogP contribution in [0.1, 0.15) is 12.5 Å². The average molecular weight is 277 g/mol. The fourth-order valence-electron chi connectivity index (χ4n) is 2.47. The van der Waals surface area contributed by atoms with E-state index in [4.69, 9.17) is 10.5 Å². The lowest BCUT2D eigenvalue weighted by atomic mass is 10.1. The van der Waals surface area contributed by atoms with Crippen LogP contribution in [0.5, 0.6) is 5.75 Å². The van der Waals surface area contributed by atoms with Crippen molar-refractivity contribution in [1.82, 2.24) is 10.2 Å². The molecule has 110 valence electrons. The summed E-state index contributed by atoms with van der Waals surface area (Å²) in [6.45, 7) is 4.76. The van der Waals surface area contributed by atoms with Crippen LogP contribution in [0.25, 0.3) is 0 Å². The quantitative estimate of drug-likeness (QED) is 0.826. The monoisotopic (exact) mass is 277 g/mol. The third-order valence-corrected chi connectivity index (χ3v) is 3.74. The molecular formula is C15H23N3O2. The lowest BCUT2D eigenvalue weighted by Gasteiger charge is -2.15. The number of nitrogens with one attached hydrogen (secondary N) is 1. The molecule has 2 unspecified atom stereocenters. The average Bonchev–Trinajstić information content (AvgIpc) is 2.75. The van der Waals surface area contributed by atoms with E-state index < -0.39 is 0 Å². The molecule has 1 amide bonds. The second-order valence-electron chi connectivity index (χ2n) is 5.46. The minimum Gasteiger partial charge on any atom is -0.497 e. The lowest BCUT2D eigenvalue weighted by Crippen LogP contribution is -2.37. The molecule has 0 aromatic heterocycles. The standard InChI is InChI=1S/C15H23N3O2/c1-11-8-18(9-14(11)16)10-15(19)17-7-12-4-3-5-13(6-12)20-2/h3-6,11,14H,7-10,16H2,1-2H3,(H,17,19). The smallest absolute Gasteiger partial charge is 0.234 e.